The Bertz CT molecular complexity index is 949. The third-order valence-corrected chi connectivity index (χ3v) is 4.10. The molecule has 0 fully saturated rings. The number of hydrogen-bond acceptors (Lipinski definition) is 0. The van der Waals surface area contributed by atoms with Gasteiger partial charge in [0.2, 0.25) is 0 Å². The minimum absolute atomic E-state index is 1.28. The van der Waals surface area contributed by atoms with Gasteiger partial charge in [-0.05, 0) is 38.7 Å². The molecule has 4 aromatic carbocycles. The van der Waals surface area contributed by atoms with E-state index in [1.54, 1.807) is 0 Å². The monoisotopic (exact) mass is 266 g/mol. The van der Waals surface area contributed by atoms with Gasteiger partial charge in [-0.2, -0.15) is 0 Å². The van der Waals surface area contributed by atoms with Crippen molar-refractivity contribution in [3.8, 4) is 11.1 Å². The minimum Gasteiger partial charge on any atom is -0.0883 e. The van der Waals surface area contributed by atoms with Gasteiger partial charge >= 0.3 is 0 Å². The Balaban J connectivity index is 1.98. The molecule has 0 N–H and O–H groups in total. The number of benzene rings is 4. The van der Waals surface area contributed by atoms with E-state index in [0.29, 0.717) is 0 Å². The number of hydrogen-bond donors (Lipinski definition) is 0. The second kappa shape index (κ2) is 4.78. The summed E-state index contributed by atoms with van der Waals surface area (Å²) in [6, 6.07) is 28.4. The third-order valence-electron chi connectivity index (χ3n) is 4.10. The van der Waals surface area contributed by atoms with Crippen LogP contribution in [0.15, 0.2) is 78.9 Å². The van der Waals surface area contributed by atoms with Gasteiger partial charge < -0.3 is 0 Å². The van der Waals surface area contributed by atoms with Crippen LogP contribution < -0.4 is 5.46 Å². The standard InChI is InChI=1S/C20H15B/c21-18-11-10-15-12-17(9-8-16(15)13-18)20-7-3-5-14-4-1-2-6-19(14)20/h1-13H,21H2. The molecule has 0 saturated carbocycles. The molecule has 0 aliphatic heterocycles. The van der Waals surface area contributed by atoms with Crippen molar-refractivity contribution < 1.29 is 0 Å². The first-order valence-corrected chi connectivity index (χ1v) is 7.30. The topological polar surface area (TPSA) is 0 Å². The van der Waals surface area contributed by atoms with Crippen molar-refractivity contribution in [1.29, 1.82) is 0 Å². The van der Waals surface area contributed by atoms with Crippen LogP contribution >= 0.6 is 0 Å². The lowest BCUT2D eigenvalue weighted by atomic mass is 9.91. The van der Waals surface area contributed by atoms with Crippen LogP contribution in [0.1, 0.15) is 0 Å². The van der Waals surface area contributed by atoms with Crippen LogP contribution in [0.4, 0.5) is 0 Å². The van der Waals surface area contributed by atoms with Gasteiger partial charge in [-0.3, -0.25) is 0 Å². The van der Waals surface area contributed by atoms with Gasteiger partial charge in [0.15, 0.2) is 0 Å². The van der Waals surface area contributed by atoms with Gasteiger partial charge in [-0.25, -0.2) is 0 Å². The molecule has 0 unspecified atom stereocenters. The average molecular weight is 266 g/mol. The summed E-state index contributed by atoms with van der Waals surface area (Å²) < 4.78 is 0. The van der Waals surface area contributed by atoms with Gasteiger partial charge in [0, 0.05) is 0 Å². The maximum Gasteiger partial charge on any atom is 0.139 e. The lowest BCUT2D eigenvalue weighted by Gasteiger charge is -2.08. The van der Waals surface area contributed by atoms with Crippen LogP contribution in [-0.2, 0) is 0 Å². The van der Waals surface area contributed by atoms with Crippen molar-refractivity contribution in [3.63, 3.8) is 0 Å². The molecule has 4 rings (SSSR count). The van der Waals surface area contributed by atoms with Gasteiger partial charge in [-0.15, -0.1) is 0 Å². The molecule has 21 heavy (non-hydrogen) atoms. The highest BCUT2D eigenvalue weighted by molar-refractivity contribution is 6.33. The van der Waals surface area contributed by atoms with E-state index in [1.807, 2.05) is 0 Å². The number of rotatable bonds is 1. The van der Waals surface area contributed by atoms with Crippen LogP contribution in [0.3, 0.4) is 0 Å². The molecular formula is C20H15B. The Hall–Kier alpha value is -2.54. The van der Waals surface area contributed by atoms with Crippen molar-refractivity contribution >= 4 is 34.9 Å². The van der Waals surface area contributed by atoms with E-state index in [0.717, 1.165) is 0 Å². The molecule has 0 aliphatic rings. The van der Waals surface area contributed by atoms with Crippen molar-refractivity contribution in [2.45, 2.75) is 0 Å². The van der Waals surface area contributed by atoms with Crippen molar-refractivity contribution in [2.24, 2.45) is 0 Å². The van der Waals surface area contributed by atoms with Crippen LogP contribution in [0.25, 0.3) is 32.7 Å². The average Bonchev–Trinajstić information content (AvgIpc) is 2.54. The first kappa shape index (κ1) is 12.2. The third kappa shape index (κ3) is 2.11. The maximum absolute atomic E-state index is 2.29. The summed E-state index contributed by atoms with van der Waals surface area (Å²) in [4.78, 5) is 0. The summed E-state index contributed by atoms with van der Waals surface area (Å²) in [7, 11) is 2.14. The second-order valence-electron chi connectivity index (χ2n) is 5.59. The van der Waals surface area contributed by atoms with E-state index in [-0.39, 0.29) is 0 Å². The van der Waals surface area contributed by atoms with E-state index in [9.17, 15) is 0 Å². The smallest absolute Gasteiger partial charge is 0.0883 e. The quantitative estimate of drug-likeness (QED) is 0.458. The zero-order chi connectivity index (χ0) is 14.2. The Labute approximate surface area is 125 Å². The summed E-state index contributed by atoms with van der Waals surface area (Å²) >= 11 is 0. The molecule has 0 heterocycles. The lowest BCUT2D eigenvalue weighted by molar-refractivity contribution is 1.68. The Morgan fingerprint density at radius 2 is 1.33 bits per heavy atom. The van der Waals surface area contributed by atoms with Crippen molar-refractivity contribution in [2.75, 3.05) is 0 Å². The highest BCUT2D eigenvalue weighted by atomic mass is 14.1. The Morgan fingerprint density at radius 3 is 2.29 bits per heavy atom. The fourth-order valence-electron chi connectivity index (χ4n) is 3.01. The molecule has 98 valence electrons. The van der Waals surface area contributed by atoms with E-state index < -0.39 is 0 Å². The predicted molar refractivity (Wildman–Crippen MR) is 95.1 cm³/mol. The molecule has 4 aromatic rings. The van der Waals surface area contributed by atoms with E-state index in [4.69, 9.17) is 0 Å². The summed E-state index contributed by atoms with van der Waals surface area (Å²) in [6.07, 6.45) is 0. The van der Waals surface area contributed by atoms with Crippen LogP contribution in [-0.4, -0.2) is 7.85 Å². The zero-order valence-electron chi connectivity index (χ0n) is 12.0. The molecule has 0 aromatic heterocycles. The normalized spacial score (nSPS) is 11.0. The number of fused-ring (bicyclic) bond motifs is 2. The first-order valence-electron chi connectivity index (χ1n) is 7.30. The van der Waals surface area contributed by atoms with Gasteiger partial charge in [0.1, 0.15) is 7.85 Å². The van der Waals surface area contributed by atoms with E-state index >= 15 is 0 Å². The molecule has 1 heteroatoms. The van der Waals surface area contributed by atoms with Crippen molar-refractivity contribution in [3.05, 3.63) is 78.9 Å². The van der Waals surface area contributed by atoms with Crippen LogP contribution in [0, 0.1) is 0 Å². The Morgan fingerprint density at radius 1 is 0.571 bits per heavy atom. The minimum atomic E-state index is 1.28. The molecule has 0 saturated heterocycles. The van der Waals surface area contributed by atoms with Gasteiger partial charge in [0.05, 0.1) is 0 Å². The van der Waals surface area contributed by atoms with E-state index in [1.165, 1.54) is 38.1 Å². The molecule has 0 nitrogen and oxygen atoms in total. The second-order valence-corrected chi connectivity index (χ2v) is 5.59. The lowest BCUT2D eigenvalue weighted by Crippen LogP contribution is -1.99. The first-order chi connectivity index (χ1) is 10.3. The summed E-state index contributed by atoms with van der Waals surface area (Å²) in [6.45, 7) is 0. The van der Waals surface area contributed by atoms with E-state index in [2.05, 4.69) is 86.7 Å². The summed E-state index contributed by atoms with van der Waals surface area (Å²) in [5.41, 5.74) is 3.89. The highest BCUT2D eigenvalue weighted by Gasteiger charge is 2.04. The van der Waals surface area contributed by atoms with Crippen LogP contribution in [0.5, 0.6) is 0 Å². The molecule has 0 bridgehead atoms. The predicted octanol–water partition coefficient (Wildman–Crippen LogP) is 3.92. The highest BCUT2D eigenvalue weighted by Crippen LogP contribution is 2.30. The SMILES string of the molecule is Bc1ccc2cc(-c3cccc4ccccc34)ccc2c1. The zero-order valence-corrected chi connectivity index (χ0v) is 12.0. The fraction of sp³-hybridized carbons (Fsp3) is 0. The molecule has 0 spiro atoms. The van der Waals surface area contributed by atoms with Crippen molar-refractivity contribution in [1.82, 2.24) is 0 Å². The van der Waals surface area contributed by atoms with Crippen LogP contribution in [0.2, 0.25) is 0 Å². The molecular weight excluding hydrogens is 251 g/mol. The molecule has 0 radical (unpaired) electrons. The maximum atomic E-state index is 2.29. The molecule has 0 amide bonds. The summed E-state index contributed by atoms with van der Waals surface area (Å²) in [5, 5.41) is 5.20. The largest absolute Gasteiger partial charge is 0.139 e. The Kier molecular flexibility index (Phi) is 2.78. The fourth-order valence-corrected chi connectivity index (χ4v) is 3.01. The van der Waals surface area contributed by atoms with Gasteiger partial charge in [0.25, 0.3) is 0 Å². The summed E-state index contributed by atoms with van der Waals surface area (Å²) in [5.74, 6) is 0. The van der Waals surface area contributed by atoms with Gasteiger partial charge in [-0.1, -0.05) is 78.3 Å². The molecule has 0 aliphatic carbocycles. The molecule has 0 atom stereocenters.